The van der Waals surface area contributed by atoms with Crippen molar-refractivity contribution >= 4 is 17.3 Å². The van der Waals surface area contributed by atoms with Crippen LogP contribution >= 0.6 is 0 Å². The summed E-state index contributed by atoms with van der Waals surface area (Å²) in [5, 5.41) is 3.13. The van der Waals surface area contributed by atoms with Crippen molar-refractivity contribution in [2.45, 2.75) is 6.92 Å². The summed E-state index contributed by atoms with van der Waals surface area (Å²) in [5.41, 5.74) is 5.29. The second-order valence-electron chi connectivity index (χ2n) is 4.25. The van der Waals surface area contributed by atoms with E-state index in [-0.39, 0.29) is 0 Å². The summed E-state index contributed by atoms with van der Waals surface area (Å²) in [6.07, 6.45) is 0. The Morgan fingerprint density at radius 3 is 2.50 bits per heavy atom. The molecule has 2 aromatic rings. The number of guanidine groups is 1. The molecule has 5 nitrogen and oxygen atoms in total. The minimum atomic E-state index is 0.473. The Kier molecular flexibility index (Phi) is 4.57. The average Bonchev–Trinajstić information content (AvgIpc) is 2.48. The van der Waals surface area contributed by atoms with Gasteiger partial charge in [-0.1, -0.05) is 18.2 Å². The summed E-state index contributed by atoms with van der Waals surface area (Å²) < 4.78 is 5.23. The van der Waals surface area contributed by atoms with Gasteiger partial charge in [-0.25, -0.2) is 10.8 Å². The van der Waals surface area contributed by atoms with Crippen LogP contribution in [0.15, 0.2) is 53.5 Å². The van der Waals surface area contributed by atoms with E-state index in [0.29, 0.717) is 5.96 Å². The highest BCUT2D eigenvalue weighted by Gasteiger charge is 2.02. The number of nitrogens with one attached hydrogen (secondary N) is 2. The largest absolute Gasteiger partial charge is 0.496 e. The van der Waals surface area contributed by atoms with E-state index in [2.05, 4.69) is 15.7 Å². The Balaban J connectivity index is 2.18. The fourth-order valence-electron chi connectivity index (χ4n) is 1.82. The number of nitrogens with zero attached hydrogens (tertiary/aromatic N) is 1. The standard InChI is InChI=1S/C15H18N4O/c1-11-10-13(8-9-14(11)20-2)18-15(19-16)17-12-6-4-3-5-7-12/h3-10H,16H2,1-2H3,(H2,17,18,19). The highest BCUT2D eigenvalue weighted by Crippen LogP contribution is 2.21. The molecule has 0 bridgehead atoms. The zero-order valence-electron chi connectivity index (χ0n) is 11.6. The lowest BCUT2D eigenvalue weighted by atomic mass is 10.2. The molecule has 0 radical (unpaired) electrons. The monoisotopic (exact) mass is 270 g/mol. The van der Waals surface area contributed by atoms with Gasteiger partial charge in [0.05, 0.1) is 12.8 Å². The number of para-hydroxylation sites is 1. The van der Waals surface area contributed by atoms with Gasteiger partial charge in [0.2, 0.25) is 5.96 Å². The van der Waals surface area contributed by atoms with Gasteiger partial charge in [-0.2, -0.15) is 0 Å². The van der Waals surface area contributed by atoms with Crippen molar-refractivity contribution in [2.75, 3.05) is 12.4 Å². The van der Waals surface area contributed by atoms with Gasteiger partial charge in [0, 0.05) is 5.69 Å². The van der Waals surface area contributed by atoms with Crippen molar-refractivity contribution in [1.82, 2.24) is 5.43 Å². The number of aryl methyl sites for hydroxylation is 1. The number of aliphatic imine (C=N–C) groups is 1. The first-order valence-corrected chi connectivity index (χ1v) is 6.25. The van der Waals surface area contributed by atoms with E-state index in [1.807, 2.05) is 55.5 Å². The summed E-state index contributed by atoms with van der Waals surface area (Å²) in [6.45, 7) is 1.98. The number of rotatable bonds is 3. The van der Waals surface area contributed by atoms with Crippen molar-refractivity contribution in [3.8, 4) is 5.75 Å². The molecule has 0 fully saturated rings. The summed E-state index contributed by atoms with van der Waals surface area (Å²) in [4.78, 5) is 4.38. The Morgan fingerprint density at radius 2 is 1.90 bits per heavy atom. The van der Waals surface area contributed by atoms with Gasteiger partial charge in [0.15, 0.2) is 0 Å². The van der Waals surface area contributed by atoms with Crippen LogP contribution in [0.25, 0.3) is 0 Å². The summed E-state index contributed by atoms with van der Waals surface area (Å²) >= 11 is 0. The first kappa shape index (κ1) is 13.9. The SMILES string of the molecule is COc1ccc(NC(=Nc2ccccc2)NN)cc1C. The molecule has 0 saturated heterocycles. The quantitative estimate of drug-likeness (QED) is 0.347. The Labute approximate surface area is 118 Å². The number of methoxy groups -OCH3 is 1. The van der Waals surface area contributed by atoms with Crippen LogP contribution in [0, 0.1) is 6.92 Å². The number of nitrogens with two attached hydrogens (primary N) is 1. The van der Waals surface area contributed by atoms with Crippen LogP contribution in [0.2, 0.25) is 0 Å². The average molecular weight is 270 g/mol. The third-order valence-electron chi connectivity index (χ3n) is 2.79. The van der Waals surface area contributed by atoms with Gasteiger partial charge in [0.25, 0.3) is 0 Å². The predicted molar refractivity (Wildman–Crippen MR) is 82.2 cm³/mol. The van der Waals surface area contributed by atoms with Crippen molar-refractivity contribution in [2.24, 2.45) is 10.8 Å². The van der Waals surface area contributed by atoms with Gasteiger partial charge in [-0.15, -0.1) is 0 Å². The zero-order chi connectivity index (χ0) is 14.4. The maximum Gasteiger partial charge on any atom is 0.215 e. The van der Waals surface area contributed by atoms with E-state index >= 15 is 0 Å². The van der Waals surface area contributed by atoms with Crippen LogP contribution in [-0.2, 0) is 0 Å². The normalized spacial score (nSPS) is 11.1. The molecule has 0 heterocycles. The lowest BCUT2D eigenvalue weighted by Crippen LogP contribution is -2.36. The van der Waals surface area contributed by atoms with Gasteiger partial charge in [-0.05, 0) is 42.8 Å². The number of anilines is 1. The first-order chi connectivity index (χ1) is 9.72. The third-order valence-corrected chi connectivity index (χ3v) is 2.79. The molecule has 5 heteroatoms. The second kappa shape index (κ2) is 6.58. The molecular weight excluding hydrogens is 252 g/mol. The Hall–Kier alpha value is -2.53. The van der Waals surface area contributed by atoms with Crippen molar-refractivity contribution in [3.63, 3.8) is 0 Å². The van der Waals surface area contributed by atoms with Gasteiger partial charge in [0.1, 0.15) is 5.75 Å². The molecular formula is C15H18N4O. The highest BCUT2D eigenvalue weighted by molar-refractivity contribution is 5.95. The van der Waals surface area contributed by atoms with E-state index in [4.69, 9.17) is 10.6 Å². The number of hydrogen-bond acceptors (Lipinski definition) is 3. The van der Waals surface area contributed by atoms with Crippen LogP contribution in [0.3, 0.4) is 0 Å². The molecule has 0 spiro atoms. The predicted octanol–water partition coefficient (Wildman–Crippen LogP) is 2.57. The molecule has 2 rings (SSSR count). The molecule has 4 N–H and O–H groups in total. The minimum absolute atomic E-state index is 0.473. The van der Waals surface area contributed by atoms with Crippen molar-refractivity contribution in [1.29, 1.82) is 0 Å². The molecule has 0 unspecified atom stereocenters. The zero-order valence-corrected chi connectivity index (χ0v) is 11.6. The van der Waals surface area contributed by atoms with Crippen LogP contribution < -0.4 is 21.3 Å². The minimum Gasteiger partial charge on any atom is -0.496 e. The smallest absolute Gasteiger partial charge is 0.215 e. The van der Waals surface area contributed by atoms with Crippen molar-refractivity contribution in [3.05, 3.63) is 54.1 Å². The summed E-state index contributed by atoms with van der Waals surface area (Å²) in [6, 6.07) is 15.4. The van der Waals surface area contributed by atoms with Crippen LogP contribution in [0.5, 0.6) is 5.75 Å². The molecule has 0 aliphatic carbocycles. The highest BCUT2D eigenvalue weighted by atomic mass is 16.5. The molecule has 0 aromatic heterocycles. The fraction of sp³-hybridized carbons (Fsp3) is 0.133. The molecule has 0 aliphatic rings. The molecule has 2 aromatic carbocycles. The van der Waals surface area contributed by atoms with Gasteiger partial charge < -0.3 is 10.1 Å². The van der Waals surface area contributed by atoms with E-state index < -0.39 is 0 Å². The number of hydrogen-bond donors (Lipinski definition) is 3. The molecule has 0 aliphatic heterocycles. The van der Waals surface area contributed by atoms with E-state index in [1.165, 1.54) is 0 Å². The molecule has 104 valence electrons. The van der Waals surface area contributed by atoms with Gasteiger partial charge >= 0.3 is 0 Å². The second-order valence-corrected chi connectivity index (χ2v) is 4.25. The number of ether oxygens (including phenoxy) is 1. The lowest BCUT2D eigenvalue weighted by molar-refractivity contribution is 0.412. The Bertz CT molecular complexity index is 596. The lowest BCUT2D eigenvalue weighted by Gasteiger charge is -2.11. The maximum atomic E-state index is 5.49. The van der Waals surface area contributed by atoms with E-state index in [9.17, 15) is 0 Å². The fourth-order valence-corrected chi connectivity index (χ4v) is 1.82. The third kappa shape index (κ3) is 3.49. The molecule has 0 amide bonds. The topological polar surface area (TPSA) is 71.7 Å². The van der Waals surface area contributed by atoms with Crippen LogP contribution in [0.1, 0.15) is 5.56 Å². The van der Waals surface area contributed by atoms with E-state index in [0.717, 1.165) is 22.7 Å². The maximum absolute atomic E-state index is 5.49. The summed E-state index contributed by atoms with van der Waals surface area (Å²) in [7, 11) is 1.65. The van der Waals surface area contributed by atoms with Crippen LogP contribution in [-0.4, -0.2) is 13.1 Å². The first-order valence-electron chi connectivity index (χ1n) is 6.25. The Morgan fingerprint density at radius 1 is 1.15 bits per heavy atom. The van der Waals surface area contributed by atoms with Crippen molar-refractivity contribution < 1.29 is 4.74 Å². The van der Waals surface area contributed by atoms with Crippen LogP contribution in [0.4, 0.5) is 11.4 Å². The van der Waals surface area contributed by atoms with Gasteiger partial charge in [-0.3, -0.25) is 5.43 Å². The molecule has 0 saturated carbocycles. The summed E-state index contributed by atoms with van der Waals surface area (Å²) in [5.74, 6) is 6.81. The number of benzene rings is 2. The van der Waals surface area contributed by atoms with E-state index in [1.54, 1.807) is 7.11 Å². The molecule has 0 atom stereocenters. The molecule has 20 heavy (non-hydrogen) atoms. The number of hydrazine groups is 1.